The van der Waals surface area contributed by atoms with Gasteiger partial charge in [0, 0.05) is 43.6 Å². The molecule has 2 aromatic carbocycles. The monoisotopic (exact) mass is 468 g/mol. The van der Waals surface area contributed by atoms with Crippen molar-refractivity contribution in [3.8, 4) is 11.5 Å². The molecule has 0 radical (unpaired) electrons. The Bertz CT molecular complexity index is 1110. The molecule has 1 aliphatic rings. The van der Waals surface area contributed by atoms with Gasteiger partial charge in [-0.1, -0.05) is 30.8 Å². The lowest BCUT2D eigenvalue weighted by Gasteiger charge is -2.35. The predicted molar refractivity (Wildman–Crippen MR) is 127 cm³/mol. The van der Waals surface area contributed by atoms with Crippen LogP contribution in [0.4, 0.5) is 17.1 Å². The van der Waals surface area contributed by atoms with Gasteiger partial charge in [-0.15, -0.1) is 10.2 Å². The second-order valence-electron chi connectivity index (χ2n) is 7.45. The standard InChI is InChI=1S/C22H24N6O4S/c1-2-26-11-13-27(14-12-26)17-9-7-16(8-10-17)23-20(29)15-33-22-25-24-21(32-22)18-5-3-4-6-19(18)28(30)31/h3-10H,2,11-15H2,1H3,(H,23,29). The number of hydrogen-bond donors (Lipinski definition) is 1. The number of nitro groups is 1. The molecule has 10 nitrogen and oxygen atoms in total. The molecular weight excluding hydrogens is 444 g/mol. The van der Waals surface area contributed by atoms with Crippen LogP contribution in [0.3, 0.4) is 0 Å². The van der Waals surface area contributed by atoms with E-state index in [1.165, 1.54) is 6.07 Å². The van der Waals surface area contributed by atoms with Gasteiger partial charge in [-0.25, -0.2) is 0 Å². The highest BCUT2D eigenvalue weighted by Crippen LogP contribution is 2.30. The fraction of sp³-hybridized carbons (Fsp3) is 0.318. The molecule has 0 spiro atoms. The van der Waals surface area contributed by atoms with Crippen molar-refractivity contribution in [2.45, 2.75) is 12.1 Å². The first-order valence-corrected chi connectivity index (χ1v) is 11.6. The Morgan fingerprint density at radius 1 is 1.12 bits per heavy atom. The SMILES string of the molecule is CCN1CCN(c2ccc(NC(=O)CSc3nnc(-c4ccccc4[N+](=O)[O-])o3)cc2)CC1. The number of nitrogens with zero attached hydrogens (tertiary/aromatic N) is 5. The number of aromatic nitrogens is 2. The molecule has 0 atom stereocenters. The number of likely N-dealkylation sites (N-methyl/N-ethyl adjacent to an activating group) is 1. The number of rotatable bonds is 8. The number of amides is 1. The third-order valence-corrected chi connectivity index (χ3v) is 6.22. The molecule has 2 heterocycles. The van der Waals surface area contributed by atoms with Crippen molar-refractivity contribution in [1.82, 2.24) is 15.1 Å². The van der Waals surface area contributed by atoms with Crippen LogP contribution in [-0.2, 0) is 4.79 Å². The smallest absolute Gasteiger partial charge is 0.282 e. The van der Waals surface area contributed by atoms with Crippen molar-refractivity contribution in [3.63, 3.8) is 0 Å². The van der Waals surface area contributed by atoms with Crippen LogP contribution in [0.5, 0.6) is 0 Å². The quantitative estimate of drug-likeness (QED) is 0.301. The number of para-hydroxylation sites is 1. The molecule has 1 amide bonds. The van der Waals surface area contributed by atoms with Gasteiger partial charge in [-0.3, -0.25) is 14.9 Å². The van der Waals surface area contributed by atoms with Gasteiger partial charge >= 0.3 is 0 Å². The highest BCUT2D eigenvalue weighted by Gasteiger charge is 2.20. The van der Waals surface area contributed by atoms with Gasteiger partial charge in [-0.05, 0) is 36.9 Å². The maximum absolute atomic E-state index is 12.3. The van der Waals surface area contributed by atoms with Crippen LogP contribution in [0.1, 0.15) is 6.92 Å². The fourth-order valence-electron chi connectivity index (χ4n) is 3.59. The number of carbonyl (C=O) groups is 1. The third kappa shape index (κ3) is 5.68. The number of anilines is 2. The molecule has 11 heteroatoms. The molecule has 1 fully saturated rings. The van der Waals surface area contributed by atoms with E-state index in [0.29, 0.717) is 5.69 Å². The maximum Gasteiger partial charge on any atom is 0.282 e. The molecule has 1 N–H and O–H groups in total. The van der Waals surface area contributed by atoms with Gasteiger partial charge in [0.05, 0.1) is 10.7 Å². The number of thioether (sulfide) groups is 1. The second kappa shape index (κ2) is 10.5. The Morgan fingerprint density at radius 2 is 1.85 bits per heavy atom. The molecular formula is C22H24N6O4S. The lowest BCUT2D eigenvalue weighted by Crippen LogP contribution is -2.46. The fourth-order valence-corrected chi connectivity index (χ4v) is 4.16. The Hall–Kier alpha value is -3.44. The predicted octanol–water partition coefficient (Wildman–Crippen LogP) is 3.52. The van der Waals surface area contributed by atoms with Gasteiger partial charge in [0.25, 0.3) is 16.8 Å². The molecule has 1 aromatic heterocycles. The van der Waals surface area contributed by atoms with Crippen molar-refractivity contribution in [1.29, 1.82) is 0 Å². The number of nitrogens with one attached hydrogen (secondary N) is 1. The molecule has 1 aliphatic heterocycles. The molecule has 172 valence electrons. The number of piperazine rings is 1. The molecule has 1 saturated heterocycles. The number of hydrogen-bond acceptors (Lipinski definition) is 9. The summed E-state index contributed by atoms with van der Waals surface area (Å²) in [7, 11) is 0. The maximum atomic E-state index is 12.3. The van der Waals surface area contributed by atoms with E-state index >= 15 is 0 Å². The van der Waals surface area contributed by atoms with Crippen molar-refractivity contribution in [2.24, 2.45) is 0 Å². The van der Waals surface area contributed by atoms with E-state index in [-0.39, 0.29) is 34.0 Å². The van der Waals surface area contributed by atoms with Crippen LogP contribution >= 0.6 is 11.8 Å². The molecule has 0 unspecified atom stereocenters. The van der Waals surface area contributed by atoms with Crippen LogP contribution in [0, 0.1) is 10.1 Å². The minimum absolute atomic E-state index is 0.0422. The second-order valence-corrected chi connectivity index (χ2v) is 8.38. The van der Waals surface area contributed by atoms with E-state index in [9.17, 15) is 14.9 Å². The molecule has 0 bridgehead atoms. The van der Waals surface area contributed by atoms with Crippen LogP contribution in [-0.4, -0.2) is 64.4 Å². The van der Waals surface area contributed by atoms with Gasteiger partial charge in [0.15, 0.2) is 0 Å². The van der Waals surface area contributed by atoms with Crippen LogP contribution in [0.15, 0.2) is 58.2 Å². The molecule has 0 saturated carbocycles. The average molecular weight is 469 g/mol. The van der Waals surface area contributed by atoms with Crippen molar-refractivity contribution >= 4 is 34.7 Å². The number of carbonyl (C=O) groups excluding carboxylic acids is 1. The van der Waals surface area contributed by atoms with Crippen LogP contribution < -0.4 is 10.2 Å². The number of benzene rings is 2. The molecule has 3 aromatic rings. The van der Waals surface area contributed by atoms with Crippen molar-refractivity contribution in [2.75, 3.05) is 48.7 Å². The first kappa shape index (κ1) is 22.7. The third-order valence-electron chi connectivity index (χ3n) is 5.40. The van der Waals surface area contributed by atoms with Gasteiger partial charge < -0.3 is 19.5 Å². The summed E-state index contributed by atoms with van der Waals surface area (Å²) in [6.07, 6.45) is 0. The summed E-state index contributed by atoms with van der Waals surface area (Å²) in [6, 6.07) is 14.0. The molecule has 0 aliphatic carbocycles. The first-order chi connectivity index (χ1) is 16.0. The zero-order chi connectivity index (χ0) is 23.2. The molecule has 4 rings (SSSR count). The summed E-state index contributed by atoms with van der Waals surface area (Å²) in [5.41, 5.74) is 1.97. The Labute approximate surface area is 195 Å². The van der Waals surface area contributed by atoms with Crippen molar-refractivity contribution < 1.29 is 14.1 Å². The highest BCUT2D eigenvalue weighted by atomic mass is 32.2. The van der Waals surface area contributed by atoms with Crippen LogP contribution in [0.25, 0.3) is 11.5 Å². The summed E-state index contributed by atoms with van der Waals surface area (Å²) >= 11 is 1.07. The number of nitro benzene ring substituents is 1. The Morgan fingerprint density at radius 3 is 2.55 bits per heavy atom. The zero-order valence-corrected chi connectivity index (χ0v) is 19.0. The lowest BCUT2D eigenvalue weighted by molar-refractivity contribution is -0.384. The van der Waals surface area contributed by atoms with Crippen LogP contribution in [0.2, 0.25) is 0 Å². The summed E-state index contributed by atoms with van der Waals surface area (Å²) in [4.78, 5) is 27.8. The topological polar surface area (TPSA) is 118 Å². The van der Waals surface area contributed by atoms with E-state index in [0.717, 1.165) is 50.2 Å². The average Bonchev–Trinajstić information content (AvgIpc) is 3.32. The van der Waals surface area contributed by atoms with Gasteiger partial charge in [0.1, 0.15) is 5.56 Å². The van der Waals surface area contributed by atoms with Crippen molar-refractivity contribution in [3.05, 3.63) is 58.6 Å². The zero-order valence-electron chi connectivity index (χ0n) is 18.1. The minimum atomic E-state index is -0.504. The minimum Gasteiger partial charge on any atom is -0.411 e. The van der Waals surface area contributed by atoms with Gasteiger partial charge in [0.2, 0.25) is 5.91 Å². The van der Waals surface area contributed by atoms with E-state index < -0.39 is 4.92 Å². The summed E-state index contributed by atoms with van der Waals surface area (Å²) in [5, 5.41) is 22.0. The lowest BCUT2D eigenvalue weighted by atomic mass is 10.2. The summed E-state index contributed by atoms with van der Waals surface area (Å²) < 4.78 is 5.51. The normalized spacial score (nSPS) is 14.3. The van der Waals surface area contributed by atoms with E-state index in [1.54, 1.807) is 18.2 Å². The van der Waals surface area contributed by atoms with E-state index in [2.05, 4.69) is 32.2 Å². The van der Waals surface area contributed by atoms with E-state index in [4.69, 9.17) is 4.42 Å². The summed E-state index contributed by atoms with van der Waals surface area (Å²) in [6.45, 7) is 7.36. The summed E-state index contributed by atoms with van der Waals surface area (Å²) in [5.74, 6) is -0.102. The Kier molecular flexibility index (Phi) is 7.20. The molecule has 33 heavy (non-hydrogen) atoms. The van der Waals surface area contributed by atoms with E-state index in [1.807, 2.05) is 24.3 Å². The Balaban J connectivity index is 1.29. The van der Waals surface area contributed by atoms with Gasteiger partial charge in [-0.2, -0.15) is 0 Å². The first-order valence-electron chi connectivity index (χ1n) is 10.6. The largest absolute Gasteiger partial charge is 0.411 e. The highest BCUT2D eigenvalue weighted by molar-refractivity contribution is 7.99.